The standard InChI is InChI=1S/C20H22N2O/c1-14-5-3-4-6-17(14)20(10-11-20)19(23)21-16-8-7-15-9-12-22(2)18(15)13-16/h3-8,13H,9-12H2,1-2H3,(H,21,23). The molecule has 1 amide bonds. The molecule has 0 spiro atoms. The summed E-state index contributed by atoms with van der Waals surface area (Å²) in [6, 6.07) is 14.5. The largest absolute Gasteiger partial charge is 0.374 e. The highest BCUT2D eigenvalue weighted by Gasteiger charge is 2.51. The molecule has 0 saturated heterocycles. The van der Waals surface area contributed by atoms with E-state index in [0.717, 1.165) is 31.5 Å². The maximum atomic E-state index is 12.9. The van der Waals surface area contributed by atoms with E-state index < -0.39 is 0 Å². The molecule has 1 heterocycles. The molecule has 23 heavy (non-hydrogen) atoms. The molecule has 118 valence electrons. The van der Waals surface area contributed by atoms with Crippen LogP contribution in [0.2, 0.25) is 0 Å². The van der Waals surface area contributed by atoms with Gasteiger partial charge in [0, 0.05) is 25.0 Å². The van der Waals surface area contributed by atoms with Gasteiger partial charge in [0.05, 0.1) is 5.41 Å². The first-order valence-electron chi connectivity index (χ1n) is 8.32. The number of carbonyl (C=O) groups excluding carboxylic acids is 1. The van der Waals surface area contributed by atoms with Gasteiger partial charge < -0.3 is 10.2 Å². The first-order valence-corrected chi connectivity index (χ1v) is 8.32. The molecule has 0 bridgehead atoms. The second-order valence-corrected chi connectivity index (χ2v) is 6.87. The summed E-state index contributed by atoms with van der Waals surface area (Å²) in [5, 5.41) is 3.16. The van der Waals surface area contributed by atoms with Gasteiger partial charge in [0.1, 0.15) is 0 Å². The molecule has 0 aromatic heterocycles. The third-order valence-corrected chi connectivity index (χ3v) is 5.32. The second kappa shape index (κ2) is 5.12. The minimum atomic E-state index is -0.323. The van der Waals surface area contributed by atoms with Crippen LogP contribution in [0, 0.1) is 6.92 Å². The van der Waals surface area contributed by atoms with Crippen molar-refractivity contribution in [3.8, 4) is 0 Å². The molecular weight excluding hydrogens is 284 g/mol. The molecule has 3 heteroatoms. The lowest BCUT2D eigenvalue weighted by atomic mass is 9.91. The molecule has 4 rings (SSSR count). The normalized spacial score (nSPS) is 17.7. The van der Waals surface area contributed by atoms with Crippen LogP contribution in [0.4, 0.5) is 11.4 Å². The van der Waals surface area contributed by atoms with Crippen LogP contribution in [-0.2, 0) is 16.6 Å². The number of nitrogens with one attached hydrogen (secondary N) is 1. The highest BCUT2D eigenvalue weighted by molar-refractivity contribution is 6.02. The van der Waals surface area contributed by atoms with Crippen molar-refractivity contribution in [2.45, 2.75) is 31.6 Å². The first-order chi connectivity index (χ1) is 11.1. The van der Waals surface area contributed by atoms with Crippen molar-refractivity contribution in [1.29, 1.82) is 0 Å². The van der Waals surface area contributed by atoms with Gasteiger partial charge in [0.2, 0.25) is 5.91 Å². The summed E-state index contributed by atoms with van der Waals surface area (Å²) < 4.78 is 0. The number of carbonyl (C=O) groups is 1. The molecular formula is C20H22N2O. The summed E-state index contributed by atoms with van der Waals surface area (Å²) in [7, 11) is 2.10. The molecule has 1 aliphatic heterocycles. The highest BCUT2D eigenvalue weighted by atomic mass is 16.2. The van der Waals surface area contributed by atoms with E-state index in [2.05, 4.69) is 48.5 Å². The molecule has 0 atom stereocenters. The average Bonchev–Trinajstić information content (AvgIpc) is 3.28. The molecule has 0 unspecified atom stereocenters. The van der Waals surface area contributed by atoms with Crippen molar-refractivity contribution in [1.82, 2.24) is 0 Å². The molecule has 1 N–H and O–H groups in total. The summed E-state index contributed by atoms with van der Waals surface area (Å²) in [6.45, 7) is 3.15. The van der Waals surface area contributed by atoms with E-state index in [1.54, 1.807) is 0 Å². The lowest BCUT2D eigenvalue weighted by Crippen LogP contribution is -2.28. The second-order valence-electron chi connectivity index (χ2n) is 6.87. The zero-order chi connectivity index (χ0) is 16.0. The number of anilines is 2. The predicted molar refractivity (Wildman–Crippen MR) is 94.1 cm³/mol. The number of benzene rings is 2. The van der Waals surface area contributed by atoms with Crippen LogP contribution in [0.15, 0.2) is 42.5 Å². The minimum Gasteiger partial charge on any atom is -0.374 e. The van der Waals surface area contributed by atoms with Crippen molar-refractivity contribution < 1.29 is 4.79 Å². The van der Waals surface area contributed by atoms with Crippen molar-refractivity contribution in [2.75, 3.05) is 23.8 Å². The molecule has 1 aliphatic carbocycles. The topological polar surface area (TPSA) is 32.3 Å². The van der Waals surface area contributed by atoms with Crippen LogP contribution >= 0.6 is 0 Å². The Kier molecular flexibility index (Phi) is 3.19. The lowest BCUT2D eigenvalue weighted by molar-refractivity contribution is -0.118. The van der Waals surface area contributed by atoms with E-state index in [1.807, 2.05) is 18.2 Å². The lowest BCUT2D eigenvalue weighted by Gasteiger charge is -2.19. The van der Waals surface area contributed by atoms with Crippen molar-refractivity contribution in [3.05, 3.63) is 59.2 Å². The Morgan fingerprint density at radius 3 is 2.70 bits per heavy atom. The monoisotopic (exact) mass is 306 g/mol. The van der Waals surface area contributed by atoms with Crippen LogP contribution in [0.25, 0.3) is 0 Å². The van der Waals surface area contributed by atoms with E-state index in [4.69, 9.17) is 0 Å². The number of hydrogen-bond donors (Lipinski definition) is 1. The minimum absolute atomic E-state index is 0.132. The predicted octanol–water partition coefficient (Wildman–Crippen LogP) is 3.66. The van der Waals surface area contributed by atoms with Crippen LogP contribution in [0.5, 0.6) is 0 Å². The third kappa shape index (κ3) is 2.31. The number of fused-ring (bicyclic) bond motifs is 1. The number of nitrogens with zero attached hydrogens (tertiary/aromatic N) is 1. The van der Waals surface area contributed by atoms with Gasteiger partial charge in [0.15, 0.2) is 0 Å². The summed E-state index contributed by atoms with van der Waals surface area (Å²) in [4.78, 5) is 15.2. The third-order valence-electron chi connectivity index (χ3n) is 5.32. The van der Waals surface area contributed by atoms with Gasteiger partial charge in [-0.05, 0) is 55.0 Å². The van der Waals surface area contributed by atoms with Gasteiger partial charge in [-0.3, -0.25) is 4.79 Å². The summed E-state index contributed by atoms with van der Waals surface area (Å²) in [5.74, 6) is 0.132. The van der Waals surface area contributed by atoms with E-state index in [0.29, 0.717) is 0 Å². The molecule has 1 saturated carbocycles. The molecule has 2 aromatic carbocycles. The Hall–Kier alpha value is -2.29. The van der Waals surface area contributed by atoms with Gasteiger partial charge in [-0.2, -0.15) is 0 Å². The fourth-order valence-electron chi connectivity index (χ4n) is 3.72. The number of aryl methyl sites for hydroxylation is 1. The van der Waals surface area contributed by atoms with E-state index in [-0.39, 0.29) is 11.3 Å². The van der Waals surface area contributed by atoms with Gasteiger partial charge in [-0.1, -0.05) is 30.3 Å². The van der Waals surface area contributed by atoms with Crippen LogP contribution in [0.1, 0.15) is 29.5 Å². The number of amides is 1. The maximum Gasteiger partial charge on any atom is 0.235 e. The van der Waals surface area contributed by atoms with Crippen LogP contribution in [-0.4, -0.2) is 19.5 Å². The fourth-order valence-corrected chi connectivity index (χ4v) is 3.72. The van der Waals surface area contributed by atoms with Crippen LogP contribution < -0.4 is 10.2 Å². The van der Waals surface area contributed by atoms with Crippen LogP contribution in [0.3, 0.4) is 0 Å². The quantitative estimate of drug-likeness (QED) is 0.938. The first kappa shape index (κ1) is 14.3. The SMILES string of the molecule is Cc1ccccc1C1(C(=O)Nc2ccc3c(c2)N(C)CC3)CC1. The molecule has 2 aromatic rings. The van der Waals surface area contributed by atoms with Gasteiger partial charge in [-0.15, -0.1) is 0 Å². The number of likely N-dealkylation sites (N-methyl/N-ethyl adjacent to an activating group) is 1. The zero-order valence-electron chi connectivity index (χ0n) is 13.7. The van der Waals surface area contributed by atoms with Crippen molar-refractivity contribution in [2.24, 2.45) is 0 Å². The fraction of sp³-hybridized carbons (Fsp3) is 0.350. The van der Waals surface area contributed by atoms with Gasteiger partial charge in [0.25, 0.3) is 0 Å². The smallest absolute Gasteiger partial charge is 0.235 e. The number of rotatable bonds is 3. The Balaban J connectivity index is 1.59. The zero-order valence-corrected chi connectivity index (χ0v) is 13.7. The van der Waals surface area contributed by atoms with Gasteiger partial charge >= 0.3 is 0 Å². The molecule has 1 fully saturated rings. The Morgan fingerprint density at radius 1 is 1.17 bits per heavy atom. The summed E-state index contributed by atoms with van der Waals surface area (Å²) in [6.07, 6.45) is 2.97. The maximum absolute atomic E-state index is 12.9. The van der Waals surface area contributed by atoms with E-state index in [1.165, 1.54) is 22.4 Å². The van der Waals surface area contributed by atoms with Gasteiger partial charge in [-0.25, -0.2) is 0 Å². The summed E-state index contributed by atoms with van der Waals surface area (Å²) >= 11 is 0. The molecule has 0 radical (unpaired) electrons. The average molecular weight is 306 g/mol. The Bertz CT molecular complexity index is 777. The Labute approximate surface area is 137 Å². The number of hydrogen-bond acceptors (Lipinski definition) is 2. The van der Waals surface area contributed by atoms with Crippen molar-refractivity contribution >= 4 is 17.3 Å². The van der Waals surface area contributed by atoms with E-state index in [9.17, 15) is 4.79 Å². The van der Waals surface area contributed by atoms with Crippen molar-refractivity contribution in [3.63, 3.8) is 0 Å². The highest BCUT2D eigenvalue weighted by Crippen LogP contribution is 2.50. The molecule has 3 nitrogen and oxygen atoms in total. The summed E-state index contributed by atoms with van der Waals surface area (Å²) in [5.41, 5.74) is 5.57. The molecule has 2 aliphatic rings. The Morgan fingerprint density at radius 2 is 1.96 bits per heavy atom. The van der Waals surface area contributed by atoms with E-state index >= 15 is 0 Å².